The number of piperazine rings is 1. The summed E-state index contributed by atoms with van der Waals surface area (Å²) in [5, 5.41) is 12.6. The Kier molecular flexibility index (Phi) is 4.54. The van der Waals surface area contributed by atoms with E-state index >= 15 is 0 Å². The molecule has 1 aliphatic rings. The molecule has 1 atom stereocenters. The van der Waals surface area contributed by atoms with Crippen LogP contribution >= 0.6 is 11.6 Å². The fourth-order valence-corrected chi connectivity index (χ4v) is 2.48. The Bertz CT molecular complexity index is 453. The highest BCUT2D eigenvalue weighted by Gasteiger charge is 2.33. The van der Waals surface area contributed by atoms with Gasteiger partial charge in [0.15, 0.2) is 0 Å². The van der Waals surface area contributed by atoms with E-state index in [1.807, 2.05) is 0 Å². The van der Waals surface area contributed by atoms with Crippen molar-refractivity contribution >= 4 is 11.6 Å². The molecule has 1 aromatic rings. The van der Waals surface area contributed by atoms with E-state index in [1.54, 1.807) is 0 Å². The Morgan fingerprint density at radius 2 is 1.89 bits per heavy atom. The molecule has 0 unspecified atom stereocenters. The highest BCUT2D eigenvalue weighted by Crippen LogP contribution is 2.38. The Morgan fingerprint density at radius 1 is 1.26 bits per heavy atom. The second-order valence-electron chi connectivity index (χ2n) is 4.39. The predicted octanol–water partition coefficient (Wildman–Crippen LogP) is 2.40. The van der Waals surface area contributed by atoms with Crippen molar-refractivity contribution < 1.29 is 18.3 Å². The molecule has 106 valence electrons. The number of phenols is 1. The van der Waals surface area contributed by atoms with Gasteiger partial charge in [-0.3, -0.25) is 4.90 Å². The predicted molar refractivity (Wildman–Crippen MR) is 66.3 cm³/mol. The van der Waals surface area contributed by atoms with Gasteiger partial charge in [-0.25, -0.2) is 13.2 Å². The average molecular weight is 295 g/mol. The van der Waals surface area contributed by atoms with Crippen LogP contribution in [0.1, 0.15) is 11.6 Å². The number of phenolic OH excluding ortho intramolecular Hbond substituents is 1. The molecule has 1 aromatic carbocycles. The van der Waals surface area contributed by atoms with Gasteiger partial charge in [-0.05, 0) is 12.1 Å². The molecule has 0 aliphatic carbocycles. The van der Waals surface area contributed by atoms with Gasteiger partial charge in [-0.1, -0.05) is 11.6 Å². The smallest absolute Gasteiger partial charge is 0.258 e. The normalized spacial score (nSPS) is 18.8. The molecule has 2 rings (SSSR count). The minimum absolute atomic E-state index is 0.165. The zero-order valence-corrected chi connectivity index (χ0v) is 10.8. The van der Waals surface area contributed by atoms with E-state index < -0.39 is 24.0 Å². The summed E-state index contributed by atoms with van der Waals surface area (Å²) >= 11 is 5.64. The molecule has 3 nitrogen and oxygen atoms in total. The van der Waals surface area contributed by atoms with Crippen LogP contribution in [-0.4, -0.2) is 42.6 Å². The van der Waals surface area contributed by atoms with E-state index in [4.69, 9.17) is 11.6 Å². The van der Waals surface area contributed by atoms with Gasteiger partial charge in [0.2, 0.25) is 0 Å². The first-order chi connectivity index (χ1) is 9.00. The largest absolute Gasteiger partial charge is 0.506 e. The summed E-state index contributed by atoms with van der Waals surface area (Å²) in [6.45, 7) is 1.96. The molecule has 1 heterocycles. The number of alkyl halides is 2. The molecule has 0 aromatic heterocycles. The third kappa shape index (κ3) is 3.13. The second kappa shape index (κ2) is 5.98. The molecule has 0 radical (unpaired) electrons. The van der Waals surface area contributed by atoms with Crippen LogP contribution in [-0.2, 0) is 0 Å². The molecule has 0 spiro atoms. The lowest BCUT2D eigenvalue weighted by Gasteiger charge is -2.35. The van der Waals surface area contributed by atoms with Crippen LogP contribution in [0.3, 0.4) is 0 Å². The summed E-state index contributed by atoms with van der Waals surface area (Å²) < 4.78 is 39.9. The Labute approximate surface area is 114 Å². The fraction of sp³-hybridized carbons (Fsp3) is 0.500. The number of benzene rings is 1. The number of nitrogens with zero attached hydrogens (tertiary/aromatic N) is 1. The van der Waals surface area contributed by atoms with Gasteiger partial charge in [-0.15, -0.1) is 0 Å². The molecule has 7 heteroatoms. The molecule has 1 aliphatic heterocycles. The van der Waals surface area contributed by atoms with Crippen LogP contribution in [0.15, 0.2) is 12.1 Å². The van der Waals surface area contributed by atoms with E-state index in [1.165, 1.54) is 4.90 Å². The molecule has 0 saturated carbocycles. The third-order valence-electron chi connectivity index (χ3n) is 3.16. The van der Waals surface area contributed by atoms with E-state index in [9.17, 15) is 18.3 Å². The van der Waals surface area contributed by atoms with E-state index in [0.717, 1.165) is 12.1 Å². The van der Waals surface area contributed by atoms with E-state index in [-0.39, 0.29) is 10.6 Å². The monoisotopic (exact) mass is 294 g/mol. The van der Waals surface area contributed by atoms with E-state index in [2.05, 4.69) is 5.32 Å². The molecule has 1 fully saturated rings. The Balaban J connectivity index is 2.38. The van der Waals surface area contributed by atoms with Crippen molar-refractivity contribution in [3.8, 4) is 5.75 Å². The van der Waals surface area contributed by atoms with Crippen LogP contribution in [0, 0.1) is 5.82 Å². The quantitative estimate of drug-likeness (QED) is 0.898. The maximum Gasteiger partial charge on any atom is 0.258 e. The van der Waals surface area contributed by atoms with Gasteiger partial charge >= 0.3 is 0 Å². The number of hydrogen-bond acceptors (Lipinski definition) is 3. The van der Waals surface area contributed by atoms with Gasteiger partial charge in [0.25, 0.3) is 6.43 Å². The summed E-state index contributed by atoms with van der Waals surface area (Å²) in [6.07, 6.45) is -2.73. The molecule has 0 bridgehead atoms. The summed E-state index contributed by atoms with van der Waals surface area (Å²) in [5.74, 6) is -1.22. The van der Waals surface area contributed by atoms with Crippen LogP contribution in [0.2, 0.25) is 5.02 Å². The van der Waals surface area contributed by atoms with Crippen molar-refractivity contribution in [1.82, 2.24) is 10.2 Å². The first-order valence-electron chi connectivity index (χ1n) is 5.91. The van der Waals surface area contributed by atoms with Gasteiger partial charge < -0.3 is 10.4 Å². The van der Waals surface area contributed by atoms with Crippen LogP contribution in [0.4, 0.5) is 13.2 Å². The maximum absolute atomic E-state index is 13.3. The zero-order valence-electron chi connectivity index (χ0n) is 10.0. The SMILES string of the molecule is Oc1c(Cl)cc(F)cc1[C@H](C(F)F)N1CCNCC1. The summed E-state index contributed by atoms with van der Waals surface area (Å²) in [6, 6.07) is 0.469. The van der Waals surface area contributed by atoms with Crippen LogP contribution in [0.25, 0.3) is 0 Å². The van der Waals surface area contributed by atoms with Crippen molar-refractivity contribution in [2.24, 2.45) is 0 Å². The first kappa shape index (κ1) is 14.4. The minimum Gasteiger partial charge on any atom is -0.506 e. The summed E-state index contributed by atoms with van der Waals surface area (Å²) in [7, 11) is 0. The lowest BCUT2D eigenvalue weighted by molar-refractivity contribution is 0.0169. The number of hydrogen-bond donors (Lipinski definition) is 2. The van der Waals surface area contributed by atoms with Crippen molar-refractivity contribution in [3.63, 3.8) is 0 Å². The number of nitrogens with one attached hydrogen (secondary N) is 1. The maximum atomic E-state index is 13.3. The highest BCUT2D eigenvalue weighted by molar-refractivity contribution is 6.32. The van der Waals surface area contributed by atoms with Gasteiger partial charge in [0.1, 0.15) is 17.6 Å². The van der Waals surface area contributed by atoms with E-state index in [0.29, 0.717) is 26.2 Å². The number of rotatable bonds is 3. The molecule has 2 N–H and O–H groups in total. The van der Waals surface area contributed by atoms with Crippen molar-refractivity contribution in [3.05, 3.63) is 28.5 Å². The average Bonchev–Trinajstić information content (AvgIpc) is 2.36. The fourth-order valence-electron chi connectivity index (χ4n) is 2.26. The highest BCUT2D eigenvalue weighted by atomic mass is 35.5. The first-order valence-corrected chi connectivity index (χ1v) is 6.29. The van der Waals surface area contributed by atoms with Gasteiger partial charge in [0.05, 0.1) is 5.02 Å². The molecule has 19 heavy (non-hydrogen) atoms. The minimum atomic E-state index is -2.73. The van der Waals surface area contributed by atoms with Gasteiger partial charge in [-0.2, -0.15) is 0 Å². The summed E-state index contributed by atoms with van der Waals surface area (Å²) in [5.41, 5.74) is -0.165. The third-order valence-corrected chi connectivity index (χ3v) is 3.45. The van der Waals surface area contributed by atoms with Crippen molar-refractivity contribution in [1.29, 1.82) is 0 Å². The molecule has 0 amide bonds. The van der Waals surface area contributed by atoms with Crippen LogP contribution < -0.4 is 5.32 Å². The molecular weight excluding hydrogens is 281 g/mol. The Hall–Kier alpha value is -0.980. The number of halogens is 4. The topological polar surface area (TPSA) is 35.5 Å². The summed E-state index contributed by atoms with van der Waals surface area (Å²) in [4.78, 5) is 1.52. The van der Waals surface area contributed by atoms with Crippen molar-refractivity contribution in [2.45, 2.75) is 12.5 Å². The lowest BCUT2D eigenvalue weighted by Crippen LogP contribution is -2.46. The van der Waals surface area contributed by atoms with Crippen LogP contribution in [0.5, 0.6) is 5.75 Å². The van der Waals surface area contributed by atoms with Crippen molar-refractivity contribution in [2.75, 3.05) is 26.2 Å². The molecule has 1 saturated heterocycles. The number of aromatic hydroxyl groups is 1. The standard InChI is InChI=1S/C12H14ClF3N2O/c13-9-6-7(14)5-8(11(9)19)10(12(15)16)18-3-1-17-2-4-18/h5-6,10,12,17,19H,1-4H2/t10-/m1/s1. The molecular formula is C12H14ClF3N2O. The second-order valence-corrected chi connectivity index (χ2v) is 4.80. The zero-order chi connectivity index (χ0) is 14.0. The Morgan fingerprint density at radius 3 is 2.47 bits per heavy atom. The van der Waals surface area contributed by atoms with Gasteiger partial charge in [0, 0.05) is 31.7 Å². The lowest BCUT2D eigenvalue weighted by atomic mass is 10.0.